The Morgan fingerprint density at radius 2 is 1.45 bits per heavy atom. The Labute approximate surface area is 189 Å². The van der Waals surface area contributed by atoms with Gasteiger partial charge in [0.25, 0.3) is 5.91 Å². The zero-order valence-corrected chi connectivity index (χ0v) is 18.0. The molecule has 1 aliphatic rings. The molecule has 0 bridgehead atoms. The summed E-state index contributed by atoms with van der Waals surface area (Å²) in [6, 6.07) is 10.7. The molecular weight excluding hydrogens is 441 g/mol. The maximum absolute atomic E-state index is 12.7. The van der Waals surface area contributed by atoms with Crippen molar-refractivity contribution >= 4 is 23.3 Å². The Hall–Kier alpha value is -3.31. The van der Waals surface area contributed by atoms with Crippen LogP contribution in [0.5, 0.6) is 5.75 Å². The summed E-state index contributed by atoms with van der Waals surface area (Å²) in [5.74, 6) is -0.455. The third-order valence-electron chi connectivity index (χ3n) is 5.01. The Morgan fingerprint density at radius 1 is 0.909 bits per heavy atom. The summed E-state index contributed by atoms with van der Waals surface area (Å²) in [6.07, 6.45) is -4.78. The second kappa shape index (κ2) is 11.0. The third-order valence-corrected chi connectivity index (χ3v) is 5.01. The van der Waals surface area contributed by atoms with Gasteiger partial charge in [0.05, 0.1) is 6.61 Å². The molecule has 1 fully saturated rings. The quantitative estimate of drug-likeness (QED) is 0.651. The van der Waals surface area contributed by atoms with Crippen LogP contribution >= 0.6 is 0 Å². The van der Waals surface area contributed by atoms with Crippen molar-refractivity contribution in [2.24, 2.45) is 0 Å². The molecule has 1 aliphatic heterocycles. The molecule has 0 spiro atoms. The molecule has 3 amide bonds. The number of nitrogens with zero attached hydrogens (tertiary/aromatic N) is 2. The first-order chi connectivity index (χ1) is 15.7. The van der Waals surface area contributed by atoms with E-state index < -0.39 is 12.4 Å². The number of hydrogen-bond acceptors (Lipinski definition) is 5. The fraction of sp³-hybridized carbons (Fsp3) is 0.364. The number of methoxy groups -OCH3 is 1. The molecule has 0 radical (unpaired) electrons. The Balaban J connectivity index is 1.48. The number of benzene rings is 2. The van der Waals surface area contributed by atoms with Crippen LogP contribution in [0.1, 0.15) is 10.4 Å². The summed E-state index contributed by atoms with van der Waals surface area (Å²) in [6.45, 7) is 4.35. The van der Waals surface area contributed by atoms with Crippen LogP contribution in [0.2, 0.25) is 0 Å². The average molecular weight is 466 g/mol. The van der Waals surface area contributed by atoms with Crippen LogP contribution in [0.4, 0.5) is 29.3 Å². The first kappa shape index (κ1) is 24.3. The van der Waals surface area contributed by atoms with Gasteiger partial charge in [0.15, 0.2) is 0 Å². The largest absolute Gasteiger partial charge is 0.573 e. The number of urea groups is 1. The molecular formula is C22H25F3N4O4. The smallest absolute Gasteiger partial charge is 0.406 e. The molecule has 0 aromatic heterocycles. The SMILES string of the molecule is COCCN1CCN(C(=O)c2ccc(NC(=O)Nc3ccc(OC(F)(F)F)cc3)cc2)CC1. The number of ether oxygens (including phenoxy) is 2. The number of hydrogen-bond donors (Lipinski definition) is 2. The van der Waals surface area contributed by atoms with E-state index in [2.05, 4.69) is 20.3 Å². The summed E-state index contributed by atoms with van der Waals surface area (Å²) in [5, 5.41) is 5.12. The van der Waals surface area contributed by atoms with Gasteiger partial charge in [0.1, 0.15) is 5.75 Å². The molecule has 11 heteroatoms. The highest BCUT2D eigenvalue weighted by Crippen LogP contribution is 2.24. The zero-order valence-electron chi connectivity index (χ0n) is 18.0. The maximum Gasteiger partial charge on any atom is 0.573 e. The van der Waals surface area contributed by atoms with Crippen molar-refractivity contribution in [3.05, 3.63) is 54.1 Å². The van der Waals surface area contributed by atoms with E-state index >= 15 is 0 Å². The highest BCUT2D eigenvalue weighted by Gasteiger charge is 2.31. The Morgan fingerprint density at radius 3 is 1.97 bits per heavy atom. The third kappa shape index (κ3) is 7.65. The fourth-order valence-electron chi connectivity index (χ4n) is 3.31. The van der Waals surface area contributed by atoms with Gasteiger partial charge < -0.3 is 25.0 Å². The van der Waals surface area contributed by atoms with Gasteiger partial charge in [-0.2, -0.15) is 0 Å². The summed E-state index contributed by atoms with van der Waals surface area (Å²) in [4.78, 5) is 28.9. The summed E-state index contributed by atoms with van der Waals surface area (Å²) >= 11 is 0. The van der Waals surface area contributed by atoms with Gasteiger partial charge in [-0.3, -0.25) is 9.69 Å². The number of nitrogens with one attached hydrogen (secondary N) is 2. The van der Waals surface area contributed by atoms with E-state index in [1.165, 1.54) is 12.1 Å². The maximum atomic E-state index is 12.7. The number of amides is 3. The topological polar surface area (TPSA) is 83.1 Å². The number of anilines is 2. The highest BCUT2D eigenvalue weighted by atomic mass is 19.4. The molecule has 0 aliphatic carbocycles. The van der Waals surface area contributed by atoms with E-state index in [0.29, 0.717) is 36.6 Å². The van der Waals surface area contributed by atoms with Crippen molar-refractivity contribution in [3.63, 3.8) is 0 Å². The summed E-state index contributed by atoms with van der Waals surface area (Å²) in [7, 11) is 1.66. The lowest BCUT2D eigenvalue weighted by Gasteiger charge is -2.34. The Kier molecular flexibility index (Phi) is 8.12. The van der Waals surface area contributed by atoms with Gasteiger partial charge in [-0.15, -0.1) is 13.2 Å². The minimum absolute atomic E-state index is 0.0708. The number of carbonyl (C=O) groups is 2. The molecule has 0 atom stereocenters. The standard InChI is InChI=1S/C22H25F3N4O4/c1-32-15-14-28-10-12-29(13-11-28)20(30)16-2-4-17(5-3-16)26-21(31)27-18-6-8-19(9-7-18)33-22(23,24)25/h2-9H,10-15H2,1H3,(H2,26,27,31). The fourth-order valence-corrected chi connectivity index (χ4v) is 3.31. The van der Waals surface area contributed by atoms with Crippen molar-refractivity contribution in [3.8, 4) is 5.75 Å². The highest BCUT2D eigenvalue weighted by molar-refractivity contribution is 6.00. The zero-order chi connectivity index (χ0) is 23.8. The van der Waals surface area contributed by atoms with Crippen molar-refractivity contribution in [1.29, 1.82) is 0 Å². The second-order valence-electron chi connectivity index (χ2n) is 7.36. The van der Waals surface area contributed by atoms with Crippen molar-refractivity contribution in [2.45, 2.75) is 6.36 Å². The van der Waals surface area contributed by atoms with Crippen LogP contribution in [-0.4, -0.2) is 74.5 Å². The molecule has 33 heavy (non-hydrogen) atoms. The number of piperazine rings is 1. The molecule has 3 rings (SSSR count). The van der Waals surface area contributed by atoms with Crippen LogP contribution in [0.3, 0.4) is 0 Å². The minimum Gasteiger partial charge on any atom is -0.406 e. The van der Waals surface area contributed by atoms with Crippen LogP contribution in [0, 0.1) is 0 Å². The van der Waals surface area contributed by atoms with Crippen LogP contribution in [-0.2, 0) is 4.74 Å². The van der Waals surface area contributed by atoms with Gasteiger partial charge in [-0.1, -0.05) is 0 Å². The van der Waals surface area contributed by atoms with Gasteiger partial charge in [-0.25, -0.2) is 4.79 Å². The van der Waals surface area contributed by atoms with E-state index in [-0.39, 0.29) is 11.7 Å². The van der Waals surface area contributed by atoms with Gasteiger partial charge >= 0.3 is 12.4 Å². The van der Waals surface area contributed by atoms with Gasteiger partial charge in [0.2, 0.25) is 0 Å². The lowest BCUT2D eigenvalue weighted by Crippen LogP contribution is -2.49. The van der Waals surface area contributed by atoms with E-state index in [1.54, 1.807) is 36.3 Å². The molecule has 0 unspecified atom stereocenters. The molecule has 2 N–H and O–H groups in total. The predicted octanol–water partition coefficient (Wildman–Crippen LogP) is 3.63. The lowest BCUT2D eigenvalue weighted by molar-refractivity contribution is -0.274. The minimum atomic E-state index is -4.78. The number of alkyl halides is 3. The van der Waals surface area contributed by atoms with E-state index in [9.17, 15) is 22.8 Å². The summed E-state index contributed by atoms with van der Waals surface area (Å²) in [5.41, 5.74) is 1.27. The van der Waals surface area contributed by atoms with Crippen molar-refractivity contribution in [2.75, 3.05) is 57.1 Å². The molecule has 1 saturated heterocycles. The number of rotatable bonds is 7. The molecule has 0 saturated carbocycles. The van der Waals surface area contributed by atoms with Crippen molar-refractivity contribution < 1.29 is 32.2 Å². The molecule has 1 heterocycles. The summed E-state index contributed by atoms with van der Waals surface area (Å²) < 4.78 is 45.5. The van der Waals surface area contributed by atoms with E-state index in [0.717, 1.165) is 31.8 Å². The first-order valence-electron chi connectivity index (χ1n) is 10.3. The van der Waals surface area contributed by atoms with Crippen LogP contribution < -0.4 is 15.4 Å². The average Bonchev–Trinajstić information content (AvgIpc) is 2.78. The number of carbonyl (C=O) groups excluding carboxylic acids is 2. The second-order valence-corrected chi connectivity index (χ2v) is 7.36. The molecule has 8 nitrogen and oxygen atoms in total. The lowest BCUT2D eigenvalue weighted by atomic mass is 10.1. The van der Waals surface area contributed by atoms with Crippen LogP contribution in [0.25, 0.3) is 0 Å². The monoisotopic (exact) mass is 466 g/mol. The molecule has 2 aromatic carbocycles. The van der Waals surface area contributed by atoms with E-state index in [4.69, 9.17) is 4.74 Å². The number of halogens is 3. The molecule has 2 aromatic rings. The van der Waals surface area contributed by atoms with Crippen molar-refractivity contribution in [1.82, 2.24) is 9.80 Å². The van der Waals surface area contributed by atoms with Gasteiger partial charge in [0, 0.05) is 56.8 Å². The normalized spacial score (nSPS) is 14.6. The van der Waals surface area contributed by atoms with Crippen LogP contribution in [0.15, 0.2) is 48.5 Å². The first-order valence-corrected chi connectivity index (χ1v) is 10.3. The van der Waals surface area contributed by atoms with Gasteiger partial charge in [-0.05, 0) is 48.5 Å². The van der Waals surface area contributed by atoms with E-state index in [1.807, 2.05) is 0 Å². The molecule has 178 valence electrons. The Bertz CT molecular complexity index is 928. The predicted molar refractivity (Wildman–Crippen MR) is 116 cm³/mol.